The molecule has 0 rings (SSSR count). The maximum atomic E-state index is 9.81. The molecule has 0 aromatic rings. The van der Waals surface area contributed by atoms with Gasteiger partial charge >= 0.3 is 5.97 Å². The standard InChI is InChI=1S/C7H10O3/c8-6-4-2-1-3-5-7(9)10/h8H,1-2,4,6H2,(H,9,10). The first-order chi connectivity index (χ1) is 4.77. The maximum absolute atomic E-state index is 9.81. The van der Waals surface area contributed by atoms with E-state index < -0.39 is 5.97 Å². The largest absolute Gasteiger partial charge is 0.472 e. The number of carboxylic acid groups (broad SMARTS) is 1. The van der Waals surface area contributed by atoms with E-state index in [1.54, 1.807) is 0 Å². The fourth-order valence-electron chi connectivity index (χ4n) is 0.463. The van der Waals surface area contributed by atoms with Crippen LogP contribution in [0.25, 0.3) is 0 Å². The van der Waals surface area contributed by atoms with E-state index >= 15 is 0 Å². The number of aliphatic carboxylic acids is 1. The van der Waals surface area contributed by atoms with E-state index in [1.807, 2.05) is 5.92 Å². The van der Waals surface area contributed by atoms with Crippen LogP contribution in [0.1, 0.15) is 19.3 Å². The van der Waals surface area contributed by atoms with E-state index in [0.717, 1.165) is 6.42 Å². The lowest BCUT2D eigenvalue weighted by atomic mass is 10.2. The van der Waals surface area contributed by atoms with E-state index in [9.17, 15) is 4.79 Å². The third-order valence-corrected chi connectivity index (χ3v) is 0.905. The Morgan fingerprint density at radius 1 is 1.40 bits per heavy atom. The van der Waals surface area contributed by atoms with Gasteiger partial charge in [0.1, 0.15) is 0 Å². The zero-order valence-electron chi connectivity index (χ0n) is 5.63. The molecule has 0 atom stereocenters. The first kappa shape index (κ1) is 8.99. The molecule has 0 amide bonds. The van der Waals surface area contributed by atoms with Crippen molar-refractivity contribution < 1.29 is 15.0 Å². The van der Waals surface area contributed by atoms with Crippen LogP contribution in [0.15, 0.2) is 0 Å². The normalized spacial score (nSPS) is 8.10. The van der Waals surface area contributed by atoms with E-state index in [0.29, 0.717) is 12.8 Å². The van der Waals surface area contributed by atoms with Crippen LogP contribution >= 0.6 is 0 Å². The smallest absolute Gasteiger partial charge is 0.381 e. The van der Waals surface area contributed by atoms with Crippen molar-refractivity contribution in [2.45, 2.75) is 19.3 Å². The molecule has 2 N–H and O–H groups in total. The highest BCUT2D eigenvalue weighted by Crippen LogP contribution is 1.90. The Morgan fingerprint density at radius 3 is 2.60 bits per heavy atom. The fraction of sp³-hybridized carbons (Fsp3) is 0.571. The third-order valence-electron chi connectivity index (χ3n) is 0.905. The van der Waals surface area contributed by atoms with Crippen LogP contribution in [-0.2, 0) is 4.79 Å². The van der Waals surface area contributed by atoms with Gasteiger partial charge in [-0.1, -0.05) is 5.92 Å². The second-order valence-electron chi connectivity index (χ2n) is 1.79. The van der Waals surface area contributed by atoms with Crippen molar-refractivity contribution in [3.05, 3.63) is 0 Å². The summed E-state index contributed by atoms with van der Waals surface area (Å²) in [4.78, 5) is 9.81. The molecule has 0 bridgehead atoms. The Balaban J connectivity index is 3.20. The Morgan fingerprint density at radius 2 is 2.10 bits per heavy atom. The molecule has 0 heterocycles. The number of unbranched alkanes of at least 4 members (excludes halogenated alkanes) is 2. The van der Waals surface area contributed by atoms with E-state index in [1.165, 1.54) is 0 Å². The van der Waals surface area contributed by atoms with Crippen LogP contribution in [0, 0.1) is 11.8 Å². The topological polar surface area (TPSA) is 57.5 Å². The van der Waals surface area contributed by atoms with Crippen molar-refractivity contribution in [1.82, 2.24) is 0 Å². The average Bonchev–Trinajstić information content (AvgIpc) is 1.87. The molecule has 0 aromatic carbocycles. The summed E-state index contributed by atoms with van der Waals surface area (Å²) in [5.41, 5.74) is 0. The predicted molar refractivity (Wildman–Crippen MR) is 36.3 cm³/mol. The SMILES string of the molecule is O=C(O)C#CCCCCO. The van der Waals surface area contributed by atoms with Gasteiger partial charge in [-0.15, -0.1) is 0 Å². The summed E-state index contributed by atoms with van der Waals surface area (Å²) in [5, 5.41) is 16.4. The van der Waals surface area contributed by atoms with Gasteiger partial charge in [0.25, 0.3) is 0 Å². The van der Waals surface area contributed by atoms with Crippen LogP contribution in [0.5, 0.6) is 0 Å². The van der Waals surface area contributed by atoms with Gasteiger partial charge in [-0.25, -0.2) is 4.79 Å². The highest BCUT2D eigenvalue weighted by Gasteiger charge is 1.83. The lowest BCUT2D eigenvalue weighted by Gasteiger charge is -1.86. The number of hydrogen-bond donors (Lipinski definition) is 2. The summed E-state index contributed by atoms with van der Waals surface area (Å²) in [5.74, 6) is 3.35. The average molecular weight is 142 g/mol. The van der Waals surface area contributed by atoms with Gasteiger partial charge in [-0.3, -0.25) is 0 Å². The summed E-state index contributed by atoms with van der Waals surface area (Å²) in [6, 6.07) is 0. The van der Waals surface area contributed by atoms with Gasteiger partial charge in [0.2, 0.25) is 0 Å². The fourth-order valence-corrected chi connectivity index (χ4v) is 0.463. The van der Waals surface area contributed by atoms with Crippen LogP contribution < -0.4 is 0 Å². The minimum absolute atomic E-state index is 0.148. The summed E-state index contributed by atoms with van der Waals surface area (Å²) < 4.78 is 0. The molecular weight excluding hydrogens is 132 g/mol. The van der Waals surface area contributed by atoms with Gasteiger partial charge < -0.3 is 10.2 Å². The molecule has 56 valence electrons. The Labute approximate surface area is 59.7 Å². The van der Waals surface area contributed by atoms with Gasteiger partial charge in [0.05, 0.1) is 0 Å². The first-order valence-corrected chi connectivity index (χ1v) is 3.10. The van der Waals surface area contributed by atoms with E-state index in [2.05, 4.69) is 5.92 Å². The zero-order chi connectivity index (χ0) is 7.82. The quantitative estimate of drug-likeness (QED) is 0.438. The summed E-state index contributed by atoms with van der Waals surface area (Å²) >= 11 is 0. The molecule has 0 aliphatic carbocycles. The summed E-state index contributed by atoms with van der Waals surface area (Å²) in [6.45, 7) is 0.148. The molecule has 0 fully saturated rings. The highest BCUT2D eigenvalue weighted by atomic mass is 16.4. The highest BCUT2D eigenvalue weighted by molar-refractivity contribution is 5.86. The van der Waals surface area contributed by atoms with Crippen LogP contribution in [-0.4, -0.2) is 22.8 Å². The molecule has 0 aliphatic rings. The van der Waals surface area contributed by atoms with Crippen molar-refractivity contribution >= 4 is 5.97 Å². The number of aliphatic hydroxyl groups is 1. The summed E-state index contributed by atoms with van der Waals surface area (Å²) in [7, 11) is 0. The molecule has 0 aromatic heterocycles. The molecule has 0 saturated carbocycles. The van der Waals surface area contributed by atoms with Crippen molar-refractivity contribution in [2.75, 3.05) is 6.61 Å². The van der Waals surface area contributed by atoms with Gasteiger partial charge in [0.15, 0.2) is 0 Å². The molecule has 10 heavy (non-hydrogen) atoms. The number of carboxylic acids is 1. The number of hydrogen-bond acceptors (Lipinski definition) is 2. The molecule has 0 unspecified atom stereocenters. The Hall–Kier alpha value is -1.01. The van der Waals surface area contributed by atoms with E-state index in [4.69, 9.17) is 10.2 Å². The minimum atomic E-state index is -1.09. The van der Waals surface area contributed by atoms with E-state index in [-0.39, 0.29) is 6.61 Å². The van der Waals surface area contributed by atoms with Crippen LogP contribution in [0.3, 0.4) is 0 Å². The molecule has 0 aliphatic heterocycles. The maximum Gasteiger partial charge on any atom is 0.381 e. The number of aliphatic hydroxyl groups excluding tert-OH is 1. The molecule has 3 heteroatoms. The lowest BCUT2D eigenvalue weighted by molar-refractivity contribution is -0.130. The number of rotatable bonds is 3. The second kappa shape index (κ2) is 6.12. The van der Waals surface area contributed by atoms with Crippen LogP contribution in [0.4, 0.5) is 0 Å². The van der Waals surface area contributed by atoms with Gasteiger partial charge in [0, 0.05) is 18.9 Å². The Kier molecular flexibility index (Phi) is 5.50. The molecule has 0 spiro atoms. The lowest BCUT2D eigenvalue weighted by Crippen LogP contribution is -1.87. The van der Waals surface area contributed by atoms with Crippen LogP contribution in [0.2, 0.25) is 0 Å². The molecule has 3 nitrogen and oxygen atoms in total. The molecular formula is C7H10O3. The molecule has 0 radical (unpaired) electrons. The monoisotopic (exact) mass is 142 g/mol. The van der Waals surface area contributed by atoms with Crippen molar-refractivity contribution in [3.8, 4) is 11.8 Å². The third kappa shape index (κ3) is 6.99. The first-order valence-electron chi connectivity index (χ1n) is 3.10. The molecule has 0 saturated heterocycles. The summed E-state index contributed by atoms with van der Waals surface area (Å²) in [6.07, 6.45) is 2.00. The van der Waals surface area contributed by atoms with Gasteiger partial charge in [-0.05, 0) is 12.8 Å². The number of carbonyl (C=O) groups is 1. The van der Waals surface area contributed by atoms with Crippen molar-refractivity contribution in [1.29, 1.82) is 0 Å². The second-order valence-corrected chi connectivity index (χ2v) is 1.79. The Bertz CT molecular complexity index is 152. The zero-order valence-corrected chi connectivity index (χ0v) is 5.63. The minimum Gasteiger partial charge on any atom is -0.472 e. The predicted octanol–water partition coefficient (Wildman–Crippen LogP) is 0.237. The van der Waals surface area contributed by atoms with Crippen molar-refractivity contribution in [2.24, 2.45) is 0 Å². The van der Waals surface area contributed by atoms with Gasteiger partial charge in [-0.2, -0.15) is 0 Å². The van der Waals surface area contributed by atoms with Crippen molar-refractivity contribution in [3.63, 3.8) is 0 Å².